The Morgan fingerprint density at radius 3 is 2.38 bits per heavy atom. The van der Waals surface area contributed by atoms with E-state index in [-0.39, 0.29) is 0 Å². The first-order valence-corrected chi connectivity index (χ1v) is 10.2. The summed E-state index contributed by atoms with van der Waals surface area (Å²) in [4.78, 5) is 0. The number of ether oxygens (including phenoxy) is 2. The zero-order chi connectivity index (χ0) is 19.9. The second-order valence-electron chi connectivity index (χ2n) is 7.29. The number of hydrogen-bond donors (Lipinski definition) is 0. The fourth-order valence-corrected chi connectivity index (χ4v) is 3.54. The Morgan fingerprint density at radius 1 is 0.724 bits per heavy atom. The second kappa shape index (κ2) is 9.33. The van der Waals surface area contributed by atoms with Crippen LogP contribution in [0.15, 0.2) is 85.1 Å². The van der Waals surface area contributed by atoms with E-state index in [9.17, 15) is 0 Å². The van der Waals surface area contributed by atoms with E-state index in [1.54, 1.807) is 0 Å². The van der Waals surface area contributed by atoms with Crippen LogP contribution in [0.2, 0.25) is 0 Å². The van der Waals surface area contributed by atoms with Gasteiger partial charge in [-0.1, -0.05) is 54.6 Å². The fraction of sp³-hybridized carbons (Fsp3) is 0.231. The maximum Gasteiger partial charge on any atom is 0.129 e. The zero-order valence-electron chi connectivity index (χ0n) is 16.9. The summed E-state index contributed by atoms with van der Waals surface area (Å²) < 4.78 is 14.3. The predicted molar refractivity (Wildman–Crippen MR) is 119 cm³/mol. The van der Waals surface area contributed by atoms with Crippen molar-refractivity contribution < 1.29 is 9.47 Å². The zero-order valence-corrected chi connectivity index (χ0v) is 16.9. The summed E-state index contributed by atoms with van der Waals surface area (Å²) in [5, 5.41) is 1.17. The molecule has 3 nitrogen and oxygen atoms in total. The molecular formula is C26H27NO2. The molecule has 0 amide bonds. The summed E-state index contributed by atoms with van der Waals surface area (Å²) in [7, 11) is 0. The Kier molecular flexibility index (Phi) is 6.16. The summed E-state index contributed by atoms with van der Waals surface area (Å²) in [6.07, 6.45) is 4.26. The van der Waals surface area contributed by atoms with E-state index in [0.717, 1.165) is 37.5 Å². The predicted octanol–water partition coefficient (Wildman–Crippen LogP) is 6.39. The molecule has 0 aliphatic rings. The van der Waals surface area contributed by atoms with E-state index in [1.807, 2.05) is 42.5 Å². The van der Waals surface area contributed by atoms with Crippen LogP contribution in [0.1, 0.15) is 24.0 Å². The SMILES string of the molecule is Cc1ccccc1OCCCCn1ccc2c(OCc3ccccc3)cccc21. The maximum absolute atomic E-state index is 6.09. The molecule has 148 valence electrons. The van der Waals surface area contributed by atoms with Crippen molar-refractivity contribution in [1.29, 1.82) is 0 Å². The molecule has 3 heteroatoms. The molecule has 0 bridgehead atoms. The summed E-state index contributed by atoms with van der Waals surface area (Å²) in [5.74, 6) is 1.92. The molecule has 29 heavy (non-hydrogen) atoms. The Bertz CT molecular complexity index is 1050. The highest BCUT2D eigenvalue weighted by molar-refractivity contribution is 5.86. The van der Waals surface area contributed by atoms with Crippen LogP contribution in [0.3, 0.4) is 0 Å². The van der Waals surface area contributed by atoms with Crippen molar-refractivity contribution >= 4 is 10.9 Å². The minimum absolute atomic E-state index is 0.585. The highest BCUT2D eigenvalue weighted by atomic mass is 16.5. The van der Waals surface area contributed by atoms with Gasteiger partial charge >= 0.3 is 0 Å². The summed E-state index contributed by atoms with van der Waals surface area (Å²) in [6, 6.07) is 26.9. The molecule has 3 aromatic carbocycles. The van der Waals surface area contributed by atoms with E-state index < -0.39 is 0 Å². The van der Waals surface area contributed by atoms with Gasteiger partial charge in [0.1, 0.15) is 18.1 Å². The first-order chi connectivity index (χ1) is 14.3. The molecule has 0 N–H and O–H groups in total. The number of rotatable bonds is 9. The molecule has 0 unspecified atom stereocenters. The number of aryl methyl sites for hydroxylation is 2. The average molecular weight is 386 g/mol. The third-order valence-electron chi connectivity index (χ3n) is 5.16. The molecular weight excluding hydrogens is 358 g/mol. The van der Waals surface area contributed by atoms with Crippen LogP contribution in [0, 0.1) is 6.92 Å². The highest BCUT2D eigenvalue weighted by Crippen LogP contribution is 2.27. The van der Waals surface area contributed by atoms with Crippen LogP contribution in [0.25, 0.3) is 10.9 Å². The Hall–Kier alpha value is -3.20. The molecule has 1 aromatic heterocycles. The molecule has 0 saturated carbocycles. The molecule has 0 fully saturated rings. The number of fused-ring (bicyclic) bond motifs is 1. The Labute approximate surface area is 172 Å². The molecule has 0 saturated heterocycles. The maximum atomic E-state index is 6.09. The number of hydrogen-bond acceptors (Lipinski definition) is 2. The third-order valence-corrected chi connectivity index (χ3v) is 5.16. The quantitative estimate of drug-likeness (QED) is 0.312. The molecule has 0 aliphatic carbocycles. The van der Waals surface area contributed by atoms with Crippen LogP contribution < -0.4 is 9.47 Å². The Morgan fingerprint density at radius 2 is 1.52 bits per heavy atom. The van der Waals surface area contributed by atoms with Gasteiger partial charge in [0, 0.05) is 18.1 Å². The molecule has 0 spiro atoms. The molecule has 0 aliphatic heterocycles. The van der Waals surface area contributed by atoms with Crippen molar-refractivity contribution in [3.8, 4) is 11.5 Å². The number of unbranched alkanes of at least 4 members (excludes halogenated alkanes) is 1. The van der Waals surface area contributed by atoms with Gasteiger partial charge < -0.3 is 14.0 Å². The standard InChI is InChI=1S/C26H27NO2/c1-21-10-5-6-14-25(21)28-19-8-7-17-27-18-16-23-24(27)13-9-15-26(23)29-20-22-11-3-2-4-12-22/h2-6,9-16,18H,7-8,17,19-20H2,1H3. The van der Waals surface area contributed by atoms with Gasteiger partial charge in [0.05, 0.1) is 12.1 Å². The number of nitrogens with zero attached hydrogens (tertiary/aromatic N) is 1. The molecule has 4 rings (SSSR count). The van der Waals surface area contributed by atoms with Gasteiger partial charge in [-0.25, -0.2) is 0 Å². The fourth-order valence-electron chi connectivity index (χ4n) is 3.54. The van der Waals surface area contributed by atoms with Crippen molar-refractivity contribution in [2.24, 2.45) is 0 Å². The normalized spacial score (nSPS) is 10.9. The minimum Gasteiger partial charge on any atom is -0.493 e. The van der Waals surface area contributed by atoms with Gasteiger partial charge in [-0.2, -0.15) is 0 Å². The third kappa shape index (κ3) is 4.80. The van der Waals surface area contributed by atoms with Crippen LogP contribution in [0.5, 0.6) is 11.5 Å². The largest absolute Gasteiger partial charge is 0.493 e. The van der Waals surface area contributed by atoms with Gasteiger partial charge in [0.2, 0.25) is 0 Å². The van der Waals surface area contributed by atoms with E-state index in [4.69, 9.17) is 9.47 Å². The smallest absolute Gasteiger partial charge is 0.129 e. The van der Waals surface area contributed by atoms with Gasteiger partial charge in [-0.3, -0.25) is 0 Å². The second-order valence-corrected chi connectivity index (χ2v) is 7.29. The van der Waals surface area contributed by atoms with Crippen molar-refractivity contribution in [3.63, 3.8) is 0 Å². The van der Waals surface area contributed by atoms with Crippen LogP contribution in [0.4, 0.5) is 0 Å². The lowest BCUT2D eigenvalue weighted by atomic mass is 10.2. The highest BCUT2D eigenvalue weighted by Gasteiger charge is 2.07. The molecule has 1 heterocycles. The number of benzene rings is 3. The van der Waals surface area contributed by atoms with Gasteiger partial charge in [0.25, 0.3) is 0 Å². The van der Waals surface area contributed by atoms with Gasteiger partial charge in [0.15, 0.2) is 0 Å². The first kappa shape index (κ1) is 19.1. The molecule has 0 radical (unpaired) electrons. The minimum atomic E-state index is 0.585. The summed E-state index contributed by atoms with van der Waals surface area (Å²) in [6.45, 7) is 4.39. The number of aromatic nitrogens is 1. The Balaban J connectivity index is 1.32. The van der Waals surface area contributed by atoms with Gasteiger partial charge in [-0.15, -0.1) is 0 Å². The first-order valence-electron chi connectivity index (χ1n) is 10.2. The lowest BCUT2D eigenvalue weighted by Gasteiger charge is -2.10. The van der Waals surface area contributed by atoms with Crippen molar-refractivity contribution in [3.05, 3.63) is 96.2 Å². The summed E-state index contributed by atoms with van der Waals surface area (Å²) >= 11 is 0. The van der Waals surface area contributed by atoms with E-state index >= 15 is 0 Å². The van der Waals surface area contributed by atoms with Gasteiger partial charge in [-0.05, 0) is 55.2 Å². The lowest BCUT2D eigenvalue weighted by molar-refractivity contribution is 0.301. The average Bonchev–Trinajstić information content (AvgIpc) is 3.18. The topological polar surface area (TPSA) is 23.4 Å². The van der Waals surface area contributed by atoms with E-state index in [2.05, 4.69) is 54.1 Å². The van der Waals surface area contributed by atoms with Crippen LogP contribution in [-0.4, -0.2) is 11.2 Å². The van der Waals surface area contributed by atoms with Crippen molar-refractivity contribution in [1.82, 2.24) is 4.57 Å². The van der Waals surface area contributed by atoms with Crippen molar-refractivity contribution in [2.45, 2.75) is 32.9 Å². The van der Waals surface area contributed by atoms with E-state index in [1.165, 1.54) is 22.0 Å². The van der Waals surface area contributed by atoms with Crippen molar-refractivity contribution in [2.75, 3.05) is 6.61 Å². The number of para-hydroxylation sites is 1. The van der Waals surface area contributed by atoms with Crippen LogP contribution in [-0.2, 0) is 13.2 Å². The lowest BCUT2D eigenvalue weighted by Crippen LogP contribution is -2.02. The summed E-state index contributed by atoms with van der Waals surface area (Å²) in [5.41, 5.74) is 3.58. The van der Waals surface area contributed by atoms with E-state index in [0.29, 0.717) is 6.61 Å². The molecule has 4 aromatic rings. The molecule has 0 atom stereocenters. The van der Waals surface area contributed by atoms with Crippen LogP contribution >= 0.6 is 0 Å². The monoisotopic (exact) mass is 385 g/mol.